The molecule has 0 aromatic heterocycles. The largest absolute Gasteiger partial charge is 0.469 e. The second kappa shape index (κ2) is 7.82. The number of ether oxygens (including phenoxy) is 1. The summed E-state index contributed by atoms with van der Waals surface area (Å²) in [5.74, 6) is -0.167. The van der Waals surface area contributed by atoms with Crippen molar-refractivity contribution >= 4 is 16.7 Å². The molecule has 0 unspecified atom stereocenters. The highest BCUT2D eigenvalue weighted by Gasteiger charge is 2.11. The molecule has 0 atom stereocenters. The van der Waals surface area contributed by atoms with Gasteiger partial charge in [-0.15, -0.1) is 0 Å². The van der Waals surface area contributed by atoms with Gasteiger partial charge in [0.25, 0.3) is 0 Å². The van der Waals surface area contributed by atoms with Crippen molar-refractivity contribution in [2.45, 2.75) is 45.4 Å². The van der Waals surface area contributed by atoms with Gasteiger partial charge in [-0.2, -0.15) is 0 Å². The fourth-order valence-electron chi connectivity index (χ4n) is 2.80. The highest BCUT2D eigenvalue weighted by Crippen LogP contribution is 2.25. The molecule has 21 heavy (non-hydrogen) atoms. The van der Waals surface area contributed by atoms with Crippen LogP contribution in [-0.4, -0.2) is 13.1 Å². The number of benzene rings is 2. The zero-order valence-corrected chi connectivity index (χ0v) is 13.0. The molecule has 0 fully saturated rings. The maximum Gasteiger partial charge on any atom is 0.309 e. The van der Waals surface area contributed by atoms with E-state index >= 15 is 0 Å². The first-order valence-corrected chi connectivity index (χ1v) is 7.82. The van der Waals surface area contributed by atoms with Crippen LogP contribution >= 0.6 is 0 Å². The lowest BCUT2D eigenvalue weighted by molar-refractivity contribution is -0.139. The maximum absolute atomic E-state index is 11.6. The number of fused-ring (bicyclic) bond motifs is 1. The second-order valence-corrected chi connectivity index (χ2v) is 5.49. The maximum atomic E-state index is 11.6. The van der Waals surface area contributed by atoms with E-state index in [1.807, 2.05) is 0 Å². The molecule has 0 aliphatic rings. The van der Waals surface area contributed by atoms with Crippen molar-refractivity contribution in [3.8, 4) is 0 Å². The molecular weight excluding hydrogens is 260 g/mol. The van der Waals surface area contributed by atoms with Crippen LogP contribution in [0.25, 0.3) is 10.8 Å². The molecule has 0 spiro atoms. The van der Waals surface area contributed by atoms with E-state index in [0.717, 1.165) is 12.0 Å². The number of rotatable bonds is 7. The minimum Gasteiger partial charge on any atom is -0.469 e. The zero-order chi connectivity index (χ0) is 15.1. The zero-order valence-electron chi connectivity index (χ0n) is 13.0. The van der Waals surface area contributed by atoms with Crippen LogP contribution < -0.4 is 0 Å². The summed E-state index contributed by atoms with van der Waals surface area (Å²) in [5, 5.41) is 2.52. The first-order valence-electron chi connectivity index (χ1n) is 7.82. The number of unbranched alkanes of at least 4 members (excludes halogenated alkanes) is 3. The minimum absolute atomic E-state index is 0.167. The van der Waals surface area contributed by atoms with E-state index in [9.17, 15) is 4.79 Å². The van der Waals surface area contributed by atoms with Gasteiger partial charge in [0.2, 0.25) is 0 Å². The summed E-state index contributed by atoms with van der Waals surface area (Å²) in [6.07, 6.45) is 6.34. The number of hydrogen-bond donors (Lipinski definition) is 0. The van der Waals surface area contributed by atoms with Crippen molar-refractivity contribution in [1.82, 2.24) is 0 Å². The number of esters is 1. The molecule has 0 saturated heterocycles. The van der Waals surface area contributed by atoms with Crippen molar-refractivity contribution in [3.05, 3.63) is 47.5 Å². The Morgan fingerprint density at radius 1 is 1.05 bits per heavy atom. The Morgan fingerprint density at radius 2 is 1.86 bits per heavy atom. The fourth-order valence-corrected chi connectivity index (χ4v) is 2.80. The Kier molecular flexibility index (Phi) is 5.79. The summed E-state index contributed by atoms with van der Waals surface area (Å²) in [4.78, 5) is 11.6. The summed E-state index contributed by atoms with van der Waals surface area (Å²) in [6.45, 7) is 2.22. The van der Waals surface area contributed by atoms with E-state index in [-0.39, 0.29) is 5.97 Å². The SMILES string of the molecule is CCCCCCc1c(CC(=O)OC)ccc2ccccc12. The fraction of sp³-hybridized carbons (Fsp3) is 0.421. The van der Waals surface area contributed by atoms with Gasteiger partial charge in [-0.1, -0.05) is 62.6 Å². The van der Waals surface area contributed by atoms with Crippen molar-refractivity contribution < 1.29 is 9.53 Å². The monoisotopic (exact) mass is 284 g/mol. The van der Waals surface area contributed by atoms with E-state index in [1.165, 1.54) is 49.1 Å². The smallest absolute Gasteiger partial charge is 0.309 e. The highest BCUT2D eigenvalue weighted by atomic mass is 16.5. The number of aryl methyl sites for hydroxylation is 1. The number of methoxy groups -OCH3 is 1. The summed E-state index contributed by atoms with van der Waals surface area (Å²) in [7, 11) is 1.45. The topological polar surface area (TPSA) is 26.3 Å². The Morgan fingerprint density at radius 3 is 2.62 bits per heavy atom. The van der Waals surface area contributed by atoms with E-state index in [2.05, 4.69) is 43.3 Å². The van der Waals surface area contributed by atoms with E-state index in [0.29, 0.717) is 6.42 Å². The Balaban J connectivity index is 2.30. The van der Waals surface area contributed by atoms with Gasteiger partial charge < -0.3 is 4.74 Å². The molecule has 0 radical (unpaired) electrons. The third kappa shape index (κ3) is 4.07. The van der Waals surface area contributed by atoms with Gasteiger partial charge in [0.1, 0.15) is 0 Å². The van der Waals surface area contributed by atoms with Crippen molar-refractivity contribution in [2.75, 3.05) is 7.11 Å². The average molecular weight is 284 g/mol. The van der Waals surface area contributed by atoms with Crippen LogP contribution in [0.5, 0.6) is 0 Å². The van der Waals surface area contributed by atoms with Crippen molar-refractivity contribution in [1.29, 1.82) is 0 Å². The molecule has 0 aliphatic carbocycles. The van der Waals surface area contributed by atoms with Crippen LogP contribution in [-0.2, 0) is 22.4 Å². The number of carbonyl (C=O) groups is 1. The van der Waals surface area contributed by atoms with Gasteiger partial charge in [0.05, 0.1) is 13.5 Å². The first kappa shape index (κ1) is 15.6. The molecule has 2 nitrogen and oxygen atoms in total. The molecule has 0 amide bonds. The van der Waals surface area contributed by atoms with Gasteiger partial charge in [0, 0.05) is 0 Å². The molecule has 0 bridgehead atoms. The highest BCUT2D eigenvalue weighted by molar-refractivity contribution is 5.88. The van der Waals surface area contributed by atoms with Gasteiger partial charge in [-0.05, 0) is 34.7 Å². The first-order chi connectivity index (χ1) is 10.3. The van der Waals surface area contributed by atoms with Crippen LogP contribution in [0, 0.1) is 0 Å². The Hall–Kier alpha value is -1.83. The lowest BCUT2D eigenvalue weighted by Gasteiger charge is -2.12. The quantitative estimate of drug-likeness (QED) is 0.545. The third-order valence-electron chi connectivity index (χ3n) is 3.98. The lowest BCUT2D eigenvalue weighted by atomic mass is 9.93. The van der Waals surface area contributed by atoms with E-state index in [4.69, 9.17) is 4.74 Å². The molecule has 0 aliphatic heterocycles. The van der Waals surface area contributed by atoms with Crippen molar-refractivity contribution in [2.24, 2.45) is 0 Å². The van der Waals surface area contributed by atoms with Crippen LogP contribution in [0.15, 0.2) is 36.4 Å². The van der Waals surface area contributed by atoms with Gasteiger partial charge in [-0.3, -0.25) is 4.79 Å². The summed E-state index contributed by atoms with van der Waals surface area (Å²) in [5.41, 5.74) is 2.42. The Labute approximate surface area is 127 Å². The van der Waals surface area contributed by atoms with Gasteiger partial charge in [0.15, 0.2) is 0 Å². The molecule has 0 N–H and O–H groups in total. The normalized spacial score (nSPS) is 10.8. The minimum atomic E-state index is -0.167. The molecule has 0 saturated carbocycles. The second-order valence-electron chi connectivity index (χ2n) is 5.49. The van der Waals surface area contributed by atoms with Crippen LogP contribution in [0.3, 0.4) is 0 Å². The van der Waals surface area contributed by atoms with Crippen LogP contribution in [0.2, 0.25) is 0 Å². The molecule has 2 aromatic carbocycles. The predicted octanol–water partition coefficient (Wildman–Crippen LogP) is 4.68. The summed E-state index contributed by atoms with van der Waals surface area (Å²) < 4.78 is 4.83. The molecule has 2 aromatic rings. The third-order valence-corrected chi connectivity index (χ3v) is 3.98. The molecule has 0 heterocycles. The van der Waals surface area contributed by atoms with E-state index in [1.54, 1.807) is 0 Å². The Bertz CT molecular complexity index is 602. The summed E-state index contributed by atoms with van der Waals surface area (Å²) in [6, 6.07) is 12.6. The lowest BCUT2D eigenvalue weighted by Crippen LogP contribution is -2.07. The summed E-state index contributed by atoms with van der Waals surface area (Å²) >= 11 is 0. The predicted molar refractivity (Wildman–Crippen MR) is 87.5 cm³/mol. The van der Waals surface area contributed by atoms with E-state index < -0.39 is 0 Å². The number of hydrogen-bond acceptors (Lipinski definition) is 2. The van der Waals surface area contributed by atoms with Gasteiger partial charge in [-0.25, -0.2) is 0 Å². The van der Waals surface area contributed by atoms with Crippen LogP contribution in [0.4, 0.5) is 0 Å². The molecule has 2 rings (SSSR count). The van der Waals surface area contributed by atoms with Gasteiger partial charge >= 0.3 is 5.97 Å². The average Bonchev–Trinajstić information content (AvgIpc) is 2.52. The molecule has 2 heteroatoms. The molecule has 112 valence electrons. The van der Waals surface area contributed by atoms with Crippen molar-refractivity contribution in [3.63, 3.8) is 0 Å². The number of carbonyl (C=O) groups excluding carboxylic acids is 1. The molecular formula is C19H24O2. The van der Waals surface area contributed by atoms with Crippen LogP contribution in [0.1, 0.15) is 43.7 Å². The standard InChI is InChI=1S/C19H24O2/c1-3-4-5-6-10-18-16(14-19(20)21-2)13-12-15-9-7-8-11-17(15)18/h7-9,11-13H,3-6,10,14H2,1-2H3.